The molecular formula is C29H32N6O2. The van der Waals surface area contributed by atoms with E-state index in [9.17, 15) is 4.79 Å². The van der Waals surface area contributed by atoms with Crippen LogP contribution in [0.5, 0.6) is 0 Å². The van der Waals surface area contributed by atoms with Crippen LogP contribution in [0, 0.1) is 12.8 Å². The number of benzene rings is 1. The van der Waals surface area contributed by atoms with Crippen LogP contribution in [0.15, 0.2) is 53.3 Å². The molecule has 37 heavy (non-hydrogen) atoms. The molecule has 1 saturated carbocycles. The van der Waals surface area contributed by atoms with Crippen molar-refractivity contribution in [3.63, 3.8) is 0 Å². The third kappa shape index (κ3) is 4.92. The first-order valence-corrected chi connectivity index (χ1v) is 13.3. The van der Waals surface area contributed by atoms with Crippen LogP contribution in [0.3, 0.4) is 0 Å². The number of anilines is 1. The van der Waals surface area contributed by atoms with Gasteiger partial charge in [0.25, 0.3) is 5.71 Å². The lowest BCUT2D eigenvalue weighted by molar-refractivity contribution is -0.135. The molecule has 1 amide bonds. The lowest BCUT2D eigenvalue weighted by atomic mass is 10.1. The molecule has 8 nitrogen and oxygen atoms in total. The summed E-state index contributed by atoms with van der Waals surface area (Å²) in [6.45, 7) is 5.09. The van der Waals surface area contributed by atoms with Gasteiger partial charge in [0.05, 0.1) is 0 Å². The Kier molecular flexibility index (Phi) is 6.55. The van der Waals surface area contributed by atoms with E-state index in [-0.39, 0.29) is 5.92 Å². The Morgan fingerprint density at radius 1 is 1.00 bits per heavy atom. The first-order valence-electron chi connectivity index (χ1n) is 13.3. The molecule has 2 fully saturated rings. The summed E-state index contributed by atoms with van der Waals surface area (Å²) in [6, 6.07) is 12.3. The normalized spacial score (nSPS) is 16.9. The Bertz CT molecular complexity index is 1380. The van der Waals surface area contributed by atoms with E-state index in [4.69, 9.17) is 14.5 Å². The van der Waals surface area contributed by atoms with Gasteiger partial charge in [0.15, 0.2) is 0 Å². The van der Waals surface area contributed by atoms with Crippen LogP contribution in [0.25, 0.3) is 22.4 Å². The number of hydrogen-bond acceptors (Lipinski definition) is 7. The molecule has 6 rings (SSSR count). The minimum absolute atomic E-state index is 0.202. The van der Waals surface area contributed by atoms with Crippen molar-refractivity contribution >= 4 is 22.8 Å². The molecule has 0 radical (unpaired) electrons. The first kappa shape index (κ1) is 23.6. The summed E-state index contributed by atoms with van der Waals surface area (Å²) in [5.41, 5.74) is 4.41. The molecule has 2 aliphatic rings. The van der Waals surface area contributed by atoms with Gasteiger partial charge in [-0.05, 0) is 43.9 Å². The van der Waals surface area contributed by atoms with Crippen molar-refractivity contribution in [3.05, 3.63) is 65.7 Å². The molecule has 8 heteroatoms. The van der Waals surface area contributed by atoms with Crippen LogP contribution in [0.1, 0.15) is 49.1 Å². The molecule has 1 aliphatic heterocycles. The van der Waals surface area contributed by atoms with Crippen LogP contribution in [-0.2, 0) is 11.2 Å². The van der Waals surface area contributed by atoms with E-state index in [1.165, 1.54) is 18.4 Å². The SMILES string of the molecule is Cc1ccc(Cc2nc(N3CCCN(C(=O)C4CCCC4)CC3)c3c(-c4cccnc4)noc3n2)cc1. The van der Waals surface area contributed by atoms with Crippen molar-refractivity contribution < 1.29 is 9.32 Å². The number of nitrogens with zero attached hydrogens (tertiary/aromatic N) is 6. The van der Waals surface area contributed by atoms with Crippen LogP contribution in [-0.4, -0.2) is 57.1 Å². The van der Waals surface area contributed by atoms with E-state index in [0.717, 1.165) is 54.7 Å². The maximum Gasteiger partial charge on any atom is 0.263 e. The standard InChI is InChI=1S/C29H32N6O2/c1-20-9-11-21(12-10-20)18-24-31-27(25-26(33-37-28(25)32-24)23-8-4-13-30-19-23)34-14-5-15-35(17-16-34)29(36)22-6-2-3-7-22/h4,8-13,19,22H,2-3,5-7,14-18H2,1H3. The summed E-state index contributed by atoms with van der Waals surface area (Å²) >= 11 is 0. The van der Waals surface area contributed by atoms with Crippen LogP contribution < -0.4 is 4.90 Å². The van der Waals surface area contributed by atoms with Crippen LogP contribution >= 0.6 is 0 Å². The summed E-state index contributed by atoms with van der Waals surface area (Å²) in [6.07, 6.45) is 9.43. The zero-order valence-corrected chi connectivity index (χ0v) is 21.3. The largest absolute Gasteiger partial charge is 0.354 e. The molecule has 0 bridgehead atoms. The highest BCUT2D eigenvalue weighted by Crippen LogP contribution is 2.34. The fourth-order valence-electron chi connectivity index (χ4n) is 5.56. The zero-order chi connectivity index (χ0) is 25.2. The van der Waals surface area contributed by atoms with E-state index < -0.39 is 0 Å². The van der Waals surface area contributed by atoms with Gasteiger partial charge in [0.2, 0.25) is 5.91 Å². The van der Waals surface area contributed by atoms with Crippen molar-refractivity contribution in [2.45, 2.75) is 45.4 Å². The highest BCUT2D eigenvalue weighted by molar-refractivity contribution is 5.98. The lowest BCUT2D eigenvalue weighted by Gasteiger charge is -2.25. The van der Waals surface area contributed by atoms with E-state index >= 15 is 0 Å². The predicted octanol–water partition coefficient (Wildman–Crippen LogP) is 4.81. The van der Waals surface area contributed by atoms with E-state index in [2.05, 4.69) is 51.1 Å². The Labute approximate surface area is 216 Å². The van der Waals surface area contributed by atoms with Crippen molar-refractivity contribution in [2.75, 3.05) is 31.1 Å². The summed E-state index contributed by atoms with van der Waals surface area (Å²) in [5, 5.41) is 5.19. The highest BCUT2D eigenvalue weighted by atomic mass is 16.5. The third-order valence-electron chi connectivity index (χ3n) is 7.59. The minimum atomic E-state index is 0.202. The summed E-state index contributed by atoms with van der Waals surface area (Å²) in [4.78, 5) is 31.6. The van der Waals surface area contributed by atoms with Gasteiger partial charge in [-0.1, -0.05) is 47.8 Å². The average Bonchev–Trinajstić information content (AvgIpc) is 3.55. The maximum atomic E-state index is 13.1. The second-order valence-corrected chi connectivity index (χ2v) is 10.2. The zero-order valence-electron chi connectivity index (χ0n) is 21.3. The monoisotopic (exact) mass is 496 g/mol. The van der Waals surface area contributed by atoms with Gasteiger partial charge in [-0.3, -0.25) is 9.78 Å². The second-order valence-electron chi connectivity index (χ2n) is 10.2. The fourth-order valence-corrected chi connectivity index (χ4v) is 5.56. The molecule has 0 atom stereocenters. The molecular weight excluding hydrogens is 464 g/mol. The van der Waals surface area contributed by atoms with Gasteiger partial charge < -0.3 is 14.3 Å². The summed E-state index contributed by atoms with van der Waals surface area (Å²) in [5.74, 6) is 2.05. The van der Waals surface area contributed by atoms with Gasteiger partial charge >= 0.3 is 0 Å². The lowest BCUT2D eigenvalue weighted by Crippen LogP contribution is -2.38. The van der Waals surface area contributed by atoms with Crippen LogP contribution in [0.4, 0.5) is 5.82 Å². The van der Waals surface area contributed by atoms with Gasteiger partial charge in [-0.15, -0.1) is 0 Å². The number of amides is 1. The summed E-state index contributed by atoms with van der Waals surface area (Å²) < 4.78 is 5.77. The Morgan fingerprint density at radius 3 is 2.62 bits per heavy atom. The second kappa shape index (κ2) is 10.3. The molecule has 190 valence electrons. The summed E-state index contributed by atoms with van der Waals surface area (Å²) in [7, 11) is 0. The number of carbonyl (C=O) groups is 1. The van der Waals surface area contributed by atoms with Gasteiger partial charge in [-0.25, -0.2) is 4.98 Å². The molecule has 1 saturated heterocycles. The number of pyridine rings is 1. The molecule has 1 aliphatic carbocycles. The first-order chi connectivity index (χ1) is 18.2. The van der Waals surface area contributed by atoms with E-state index in [1.807, 2.05) is 12.1 Å². The third-order valence-corrected chi connectivity index (χ3v) is 7.59. The van der Waals surface area contributed by atoms with Crippen molar-refractivity contribution in [1.29, 1.82) is 0 Å². The molecule has 0 unspecified atom stereocenters. The number of rotatable bonds is 5. The van der Waals surface area contributed by atoms with Gasteiger partial charge in [0.1, 0.15) is 22.7 Å². The molecule has 4 aromatic rings. The number of aryl methyl sites for hydroxylation is 1. The fraction of sp³-hybridized carbons (Fsp3) is 0.414. The number of fused-ring (bicyclic) bond motifs is 1. The van der Waals surface area contributed by atoms with Gasteiger partial charge in [0, 0.05) is 56.5 Å². The Balaban J connectivity index is 1.35. The Hall–Kier alpha value is -3.81. The topological polar surface area (TPSA) is 88.3 Å². The maximum absolute atomic E-state index is 13.1. The highest BCUT2D eigenvalue weighted by Gasteiger charge is 2.30. The van der Waals surface area contributed by atoms with Crippen molar-refractivity contribution in [2.24, 2.45) is 5.92 Å². The predicted molar refractivity (Wildman–Crippen MR) is 142 cm³/mol. The average molecular weight is 497 g/mol. The van der Waals surface area contributed by atoms with Crippen molar-refractivity contribution in [1.82, 2.24) is 25.0 Å². The number of carbonyl (C=O) groups excluding carboxylic acids is 1. The molecule has 4 heterocycles. The quantitative estimate of drug-likeness (QED) is 0.392. The molecule has 3 aromatic heterocycles. The minimum Gasteiger partial charge on any atom is -0.354 e. The molecule has 0 spiro atoms. The molecule has 1 aromatic carbocycles. The Morgan fingerprint density at radius 2 is 1.84 bits per heavy atom. The van der Waals surface area contributed by atoms with Crippen LogP contribution in [0.2, 0.25) is 0 Å². The molecule has 0 N–H and O–H groups in total. The van der Waals surface area contributed by atoms with Gasteiger partial charge in [-0.2, -0.15) is 4.98 Å². The number of hydrogen-bond donors (Lipinski definition) is 0. The van der Waals surface area contributed by atoms with E-state index in [1.54, 1.807) is 12.4 Å². The smallest absolute Gasteiger partial charge is 0.263 e. The number of aromatic nitrogens is 4. The van der Waals surface area contributed by atoms with E-state index in [0.29, 0.717) is 42.6 Å². The van der Waals surface area contributed by atoms with Crippen molar-refractivity contribution in [3.8, 4) is 11.3 Å².